The number of aromatic nitrogens is 1. The molecule has 2 aromatic rings. The highest BCUT2D eigenvalue weighted by atomic mass is 79.9. The van der Waals surface area contributed by atoms with Crippen molar-refractivity contribution in [3.05, 3.63) is 56.6 Å². The lowest BCUT2D eigenvalue weighted by Gasteiger charge is -2.12. The molecule has 0 amide bonds. The summed E-state index contributed by atoms with van der Waals surface area (Å²) in [5.41, 5.74) is 2.43. The third kappa shape index (κ3) is 5.04. The van der Waals surface area contributed by atoms with Crippen LogP contribution in [0.1, 0.15) is 17.5 Å². The summed E-state index contributed by atoms with van der Waals surface area (Å²) in [4.78, 5) is 4.32. The van der Waals surface area contributed by atoms with Crippen LogP contribution in [0.15, 0.2) is 45.5 Å². The smallest absolute Gasteiger partial charge is 0.171 e. The quantitative estimate of drug-likeness (QED) is 0.513. The third-order valence-electron chi connectivity index (χ3n) is 3.20. The van der Waals surface area contributed by atoms with E-state index in [0.29, 0.717) is 5.11 Å². The minimum atomic E-state index is 0.586. The highest BCUT2D eigenvalue weighted by Gasteiger charge is 2.08. The molecule has 0 radical (unpaired) electrons. The summed E-state index contributed by atoms with van der Waals surface area (Å²) in [6.07, 6.45) is 3.83. The molecule has 6 heteroatoms. The lowest BCUT2D eigenvalue weighted by Crippen LogP contribution is -2.30. The molecule has 0 spiro atoms. The molecule has 0 aliphatic carbocycles. The van der Waals surface area contributed by atoms with Crippen molar-refractivity contribution in [1.82, 2.24) is 10.3 Å². The van der Waals surface area contributed by atoms with Crippen molar-refractivity contribution in [3.8, 4) is 0 Å². The molecular formula is C16H17Br2N3S. The molecule has 0 fully saturated rings. The number of nitrogens with zero attached hydrogens (tertiary/aromatic N) is 1. The van der Waals surface area contributed by atoms with Crippen LogP contribution in [0, 0.1) is 6.92 Å². The molecule has 0 aliphatic rings. The second kappa shape index (κ2) is 8.60. The van der Waals surface area contributed by atoms with Gasteiger partial charge in [0.05, 0.1) is 4.47 Å². The zero-order valence-electron chi connectivity index (χ0n) is 12.2. The minimum absolute atomic E-state index is 0.586. The van der Waals surface area contributed by atoms with Crippen molar-refractivity contribution in [1.29, 1.82) is 0 Å². The Morgan fingerprint density at radius 2 is 1.95 bits per heavy atom. The summed E-state index contributed by atoms with van der Waals surface area (Å²) >= 11 is 12.3. The molecule has 0 atom stereocenters. The standard InChI is InChI=1S/C16H17Br2N3S/c1-11-13(17)10-20-15(14(11)18)21-16(22)19-9-5-8-12-6-3-2-4-7-12/h2-4,6-7,10H,5,8-9H2,1H3,(H2,19,20,21,22). The normalized spacial score (nSPS) is 10.3. The summed E-state index contributed by atoms with van der Waals surface area (Å²) in [5, 5.41) is 6.91. The molecule has 0 saturated heterocycles. The molecule has 0 unspecified atom stereocenters. The summed E-state index contributed by atoms with van der Waals surface area (Å²) < 4.78 is 1.88. The van der Waals surface area contributed by atoms with Crippen LogP contribution in [-0.4, -0.2) is 16.6 Å². The molecule has 2 rings (SSSR count). The Hall–Kier alpha value is -0.980. The summed E-state index contributed by atoms with van der Waals surface area (Å²) in [6.45, 7) is 2.84. The molecular weight excluding hydrogens is 426 g/mol. The monoisotopic (exact) mass is 441 g/mol. The van der Waals surface area contributed by atoms with Gasteiger partial charge in [0, 0.05) is 17.2 Å². The van der Waals surface area contributed by atoms with Gasteiger partial charge in [-0.2, -0.15) is 0 Å². The Kier molecular flexibility index (Phi) is 6.79. The van der Waals surface area contributed by atoms with Gasteiger partial charge in [0.2, 0.25) is 0 Å². The van der Waals surface area contributed by atoms with Gasteiger partial charge in [-0.05, 0) is 75.0 Å². The first kappa shape index (κ1) is 17.4. The largest absolute Gasteiger partial charge is 0.362 e. The van der Waals surface area contributed by atoms with Crippen LogP contribution in [0.5, 0.6) is 0 Å². The minimum Gasteiger partial charge on any atom is -0.362 e. The second-order valence-corrected chi connectivity index (χ2v) is 6.92. The molecule has 3 nitrogen and oxygen atoms in total. The predicted octanol–water partition coefficient (Wildman–Crippen LogP) is 4.83. The number of nitrogens with one attached hydrogen (secondary N) is 2. The van der Waals surface area contributed by atoms with Gasteiger partial charge in [0.25, 0.3) is 0 Å². The first-order valence-corrected chi connectivity index (χ1v) is 8.96. The van der Waals surface area contributed by atoms with Crippen LogP contribution >= 0.6 is 44.1 Å². The molecule has 0 aliphatic heterocycles. The van der Waals surface area contributed by atoms with Gasteiger partial charge in [-0.25, -0.2) is 4.98 Å². The highest BCUT2D eigenvalue weighted by molar-refractivity contribution is 9.11. The molecule has 22 heavy (non-hydrogen) atoms. The van der Waals surface area contributed by atoms with Gasteiger partial charge < -0.3 is 10.6 Å². The van der Waals surface area contributed by atoms with Gasteiger partial charge in [-0.15, -0.1) is 0 Å². The molecule has 116 valence electrons. The fraction of sp³-hybridized carbons (Fsp3) is 0.250. The van der Waals surface area contributed by atoms with E-state index < -0.39 is 0 Å². The Bertz CT molecular complexity index is 647. The fourth-order valence-corrected chi connectivity index (χ4v) is 3.12. The molecule has 2 N–H and O–H groups in total. The Morgan fingerprint density at radius 3 is 2.68 bits per heavy atom. The van der Waals surface area contributed by atoms with E-state index in [0.717, 1.165) is 39.7 Å². The van der Waals surface area contributed by atoms with Crippen molar-refractivity contribution in [3.63, 3.8) is 0 Å². The van der Waals surface area contributed by atoms with Gasteiger partial charge >= 0.3 is 0 Å². The van der Waals surface area contributed by atoms with Crippen LogP contribution in [-0.2, 0) is 6.42 Å². The number of halogens is 2. The average molecular weight is 443 g/mol. The number of hydrogen-bond donors (Lipinski definition) is 2. The van der Waals surface area contributed by atoms with Crippen molar-refractivity contribution < 1.29 is 0 Å². The van der Waals surface area contributed by atoms with E-state index in [-0.39, 0.29) is 0 Å². The van der Waals surface area contributed by atoms with Crippen molar-refractivity contribution in [2.24, 2.45) is 0 Å². The van der Waals surface area contributed by atoms with Gasteiger partial charge in [0.15, 0.2) is 5.11 Å². The van der Waals surface area contributed by atoms with Crippen LogP contribution in [0.4, 0.5) is 5.82 Å². The van der Waals surface area contributed by atoms with Gasteiger partial charge in [-0.1, -0.05) is 30.3 Å². The van der Waals surface area contributed by atoms with Crippen molar-refractivity contribution in [2.45, 2.75) is 19.8 Å². The van der Waals surface area contributed by atoms with E-state index in [1.807, 2.05) is 13.0 Å². The maximum Gasteiger partial charge on any atom is 0.171 e. The first-order valence-electron chi connectivity index (χ1n) is 6.97. The highest BCUT2D eigenvalue weighted by Crippen LogP contribution is 2.29. The third-order valence-corrected chi connectivity index (χ3v) is 5.22. The number of benzene rings is 1. The Morgan fingerprint density at radius 1 is 1.23 bits per heavy atom. The Balaban J connectivity index is 1.78. The van der Waals surface area contributed by atoms with Crippen LogP contribution in [0.3, 0.4) is 0 Å². The second-order valence-electron chi connectivity index (χ2n) is 4.86. The van der Waals surface area contributed by atoms with E-state index in [4.69, 9.17) is 12.2 Å². The van der Waals surface area contributed by atoms with Gasteiger partial charge in [-0.3, -0.25) is 0 Å². The lowest BCUT2D eigenvalue weighted by molar-refractivity contribution is 0.777. The average Bonchev–Trinajstić information content (AvgIpc) is 2.53. The lowest BCUT2D eigenvalue weighted by atomic mass is 10.1. The zero-order valence-corrected chi connectivity index (χ0v) is 16.2. The number of pyridine rings is 1. The summed E-state index contributed by atoms with van der Waals surface area (Å²) in [5.74, 6) is 0.723. The number of aryl methyl sites for hydroxylation is 1. The maximum absolute atomic E-state index is 5.31. The SMILES string of the molecule is Cc1c(Br)cnc(NC(=S)NCCCc2ccccc2)c1Br. The van der Waals surface area contributed by atoms with E-state index in [2.05, 4.69) is 71.7 Å². The van der Waals surface area contributed by atoms with E-state index in [9.17, 15) is 0 Å². The van der Waals surface area contributed by atoms with E-state index in [1.54, 1.807) is 6.20 Å². The van der Waals surface area contributed by atoms with Crippen LogP contribution in [0.25, 0.3) is 0 Å². The van der Waals surface area contributed by atoms with Crippen molar-refractivity contribution >= 4 is 55.0 Å². The van der Waals surface area contributed by atoms with Crippen molar-refractivity contribution in [2.75, 3.05) is 11.9 Å². The van der Waals surface area contributed by atoms with Gasteiger partial charge in [0.1, 0.15) is 5.82 Å². The number of rotatable bonds is 5. The van der Waals surface area contributed by atoms with E-state index >= 15 is 0 Å². The summed E-state index contributed by atoms with van der Waals surface area (Å²) in [7, 11) is 0. The number of hydrogen-bond acceptors (Lipinski definition) is 2. The molecule has 0 bridgehead atoms. The predicted molar refractivity (Wildman–Crippen MR) is 103 cm³/mol. The summed E-state index contributed by atoms with van der Waals surface area (Å²) in [6, 6.07) is 10.4. The molecule has 0 saturated carbocycles. The van der Waals surface area contributed by atoms with Crippen LogP contribution < -0.4 is 10.6 Å². The Labute approximate surface area is 153 Å². The molecule has 1 aromatic heterocycles. The van der Waals surface area contributed by atoms with E-state index in [1.165, 1.54) is 5.56 Å². The maximum atomic E-state index is 5.31. The topological polar surface area (TPSA) is 37.0 Å². The number of thiocarbonyl (C=S) groups is 1. The number of anilines is 1. The van der Waals surface area contributed by atoms with Crippen LogP contribution in [0.2, 0.25) is 0 Å². The molecule has 1 aromatic carbocycles. The zero-order chi connectivity index (χ0) is 15.9. The molecule has 1 heterocycles. The fourth-order valence-electron chi connectivity index (χ4n) is 1.94. The first-order chi connectivity index (χ1) is 10.6.